The van der Waals surface area contributed by atoms with E-state index in [1.165, 1.54) is 44.4 Å². The van der Waals surface area contributed by atoms with Crippen molar-refractivity contribution in [2.24, 2.45) is 5.92 Å². The monoisotopic (exact) mass is 383 g/mol. The first-order valence-corrected chi connectivity index (χ1v) is 9.87. The average molecular weight is 384 g/mol. The molecule has 1 N–H and O–H groups in total. The summed E-state index contributed by atoms with van der Waals surface area (Å²) in [5.41, 5.74) is 3.48. The van der Waals surface area contributed by atoms with Crippen LogP contribution in [-0.2, 0) is 9.53 Å². The molecule has 3 nitrogen and oxygen atoms in total. The number of halogens is 1. The summed E-state index contributed by atoms with van der Waals surface area (Å²) in [6, 6.07) is 16.4. The van der Waals surface area contributed by atoms with E-state index in [9.17, 15) is 4.79 Å². The van der Waals surface area contributed by atoms with Gasteiger partial charge in [0.15, 0.2) is 0 Å². The van der Waals surface area contributed by atoms with Gasteiger partial charge in [-0.2, -0.15) is 0 Å². The van der Waals surface area contributed by atoms with E-state index in [1.54, 1.807) is 6.08 Å². The van der Waals surface area contributed by atoms with E-state index in [2.05, 4.69) is 34.3 Å². The Labute approximate surface area is 166 Å². The number of hydrogen-bond acceptors (Lipinski definition) is 3. The fourth-order valence-electron chi connectivity index (χ4n) is 3.68. The lowest BCUT2D eigenvalue weighted by Crippen LogP contribution is -2.20. The number of hydrogen-bond donors (Lipinski definition) is 1. The summed E-state index contributed by atoms with van der Waals surface area (Å²) in [7, 11) is 1.38. The van der Waals surface area contributed by atoms with E-state index in [-0.39, 0.29) is 5.97 Å². The largest absolute Gasteiger partial charge is 0.466 e. The zero-order valence-corrected chi connectivity index (χ0v) is 16.4. The molecule has 142 valence electrons. The summed E-state index contributed by atoms with van der Waals surface area (Å²) >= 11 is 5.99. The van der Waals surface area contributed by atoms with E-state index in [0.29, 0.717) is 11.8 Å². The average Bonchev–Trinajstić information content (AvgIpc) is 2.72. The Morgan fingerprint density at radius 1 is 1.15 bits per heavy atom. The minimum atomic E-state index is -0.342. The molecule has 0 radical (unpaired) electrons. The predicted octanol–water partition coefficient (Wildman–Crippen LogP) is 5.91. The number of ether oxygens (including phenoxy) is 1. The maximum atomic E-state index is 11.2. The van der Waals surface area contributed by atoms with E-state index in [0.717, 1.165) is 22.8 Å². The highest BCUT2D eigenvalue weighted by Crippen LogP contribution is 2.36. The molecule has 1 aliphatic rings. The van der Waals surface area contributed by atoms with Crippen LogP contribution in [0.25, 0.3) is 6.08 Å². The number of benzene rings is 2. The molecule has 27 heavy (non-hydrogen) atoms. The predicted molar refractivity (Wildman–Crippen MR) is 112 cm³/mol. The maximum absolute atomic E-state index is 11.2. The molecule has 0 unspecified atom stereocenters. The van der Waals surface area contributed by atoms with Crippen LogP contribution in [-0.4, -0.2) is 19.6 Å². The Kier molecular flexibility index (Phi) is 6.94. The fraction of sp³-hybridized carbons (Fsp3) is 0.348. The quantitative estimate of drug-likeness (QED) is 0.497. The van der Waals surface area contributed by atoms with Crippen molar-refractivity contribution in [3.05, 3.63) is 70.8 Å². The lowest BCUT2D eigenvalue weighted by molar-refractivity contribution is -0.134. The molecule has 1 aliphatic carbocycles. The van der Waals surface area contributed by atoms with Crippen molar-refractivity contribution in [1.82, 2.24) is 0 Å². The first kappa shape index (κ1) is 19.5. The van der Waals surface area contributed by atoms with Crippen molar-refractivity contribution in [2.45, 2.75) is 31.6 Å². The number of rotatable bonds is 6. The summed E-state index contributed by atoms with van der Waals surface area (Å²) in [6.45, 7) is 0.984. The van der Waals surface area contributed by atoms with Crippen molar-refractivity contribution in [3.8, 4) is 0 Å². The Morgan fingerprint density at radius 2 is 1.89 bits per heavy atom. The van der Waals surface area contributed by atoms with Crippen LogP contribution in [0.15, 0.2) is 54.6 Å². The smallest absolute Gasteiger partial charge is 0.330 e. The van der Waals surface area contributed by atoms with Gasteiger partial charge in [0.25, 0.3) is 0 Å². The lowest BCUT2D eigenvalue weighted by Gasteiger charge is -2.29. The molecular formula is C23H26ClNO2. The van der Waals surface area contributed by atoms with Crippen LogP contribution in [0.5, 0.6) is 0 Å². The number of nitrogens with one attached hydrogen (secondary N) is 1. The third-order valence-corrected chi connectivity index (χ3v) is 5.53. The fourth-order valence-corrected chi connectivity index (χ4v) is 3.81. The molecular weight excluding hydrogens is 358 g/mol. The third-order valence-electron chi connectivity index (χ3n) is 5.28. The Balaban J connectivity index is 1.48. The van der Waals surface area contributed by atoms with Gasteiger partial charge in [-0.05, 0) is 79.0 Å². The first-order chi connectivity index (χ1) is 13.1. The standard InChI is InChI=1S/C23H26ClNO2/c1-27-23(26)14-7-17-3-2-4-22(15-17)25-16-18-5-8-19(9-6-18)20-10-12-21(24)13-11-20/h2-4,7,10-15,18-19,25H,5-6,8-9,16H2,1H3. The highest BCUT2D eigenvalue weighted by atomic mass is 35.5. The van der Waals surface area contributed by atoms with Crippen LogP contribution in [0.2, 0.25) is 5.02 Å². The van der Waals surface area contributed by atoms with E-state index in [1.807, 2.05) is 24.3 Å². The van der Waals surface area contributed by atoms with E-state index in [4.69, 9.17) is 11.6 Å². The van der Waals surface area contributed by atoms with Gasteiger partial charge in [-0.15, -0.1) is 0 Å². The van der Waals surface area contributed by atoms with Gasteiger partial charge in [-0.25, -0.2) is 4.79 Å². The van der Waals surface area contributed by atoms with Crippen LogP contribution in [0.1, 0.15) is 42.7 Å². The minimum Gasteiger partial charge on any atom is -0.466 e. The van der Waals surface area contributed by atoms with Gasteiger partial charge in [0.1, 0.15) is 0 Å². The molecule has 2 aromatic rings. The van der Waals surface area contributed by atoms with Crippen molar-refractivity contribution in [1.29, 1.82) is 0 Å². The van der Waals surface area contributed by atoms with Crippen LogP contribution in [0.3, 0.4) is 0 Å². The molecule has 2 aromatic carbocycles. The second-order valence-electron chi connectivity index (χ2n) is 7.13. The number of carbonyl (C=O) groups excluding carboxylic acids is 1. The van der Waals surface area contributed by atoms with Gasteiger partial charge in [0.2, 0.25) is 0 Å². The lowest BCUT2D eigenvalue weighted by atomic mass is 9.78. The van der Waals surface area contributed by atoms with Gasteiger partial charge < -0.3 is 10.1 Å². The van der Waals surface area contributed by atoms with Gasteiger partial charge >= 0.3 is 5.97 Å². The Hall–Kier alpha value is -2.26. The number of carbonyl (C=O) groups is 1. The summed E-state index contributed by atoms with van der Waals surface area (Å²) in [6.07, 6.45) is 8.15. The molecule has 4 heteroatoms. The SMILES string of the molecule is COC(=O)C=Cc1cccc(NCC2CCC(c3ccc(Cl)cc3)CC2)c1. The first-order valence-electron chi connectivity index (χ1n) is 9.49. The molecule has 1 saturated carbocycles. The minimum absolute atomic E-state index is 0.342. The van der Waals surface area contributed by atoms with Gasteiger partial charge in [0.05, 0.1) is 7.11 Å². The Bertz CT molecular complexity index is 777. The number of esters is 1. The normalized spacial score (nSPS) is 19.8. The van der Waals surface area contributed by atoms with Crippen LogP contribution in [0.4, 0.5) is 5.69 Å². The third kappa shape index (κ3) is 5.86. The topological polar surface area (TPSA) is 38.3 Å². The zero-order valence-electron chi connectivity index (χ0n) is 15.7. The molecule has 0 amide bonds. The molecule has 0 spiro atoms. The van der Waals surface area contributed by atoms with Crippen LogP contribution in [0, 0.1) is 5.92 Å². The second-order valence-corrected chi connectivity index (χ2v) is 7.57. The van der Waals surface area contributed by atoms with E-state index < -0.39 is 0 Å². The summed E-state index contributed by atoms with van der Waals surface area (Å²) < 4.78 is 4.63. The number of methoxy groups -OCH3 is 1. The van der Waals surface area contributed by atoms with Crippen molar-refractivity contribution >= 4 is 29.3 Å². The van der Waals surface area contributed by atoms with Crippen LogP contribution >= 0.6 is 11.6 Å². The summed E-state index contributed by atoms with van der Waals surface area (Å²) in [5.74, 6) is 1.01. The van der Waals surface area contributed by atoms with Crippen molar-refractivity contribution in [2.75, 3.05) is 19.0 Å². The highest BCUT2D eigenvalue weighted by Gasteiger charge is 2.22. The molecule has 0 bridgehead atoms. The molecule has 0 heterocycles. The van der Waals surface area contributed by atoms with Crippen molar-refractivity contribution in [3.63, 3.8) is 0 Å². The molecule has 0 saturated heterocycles. The van der Waals surface area contributed by atoms with Gasteiger partial charge in [0, 0.05) is 23.3 Å². The van der Waals surface area contributed by atoms with Gasteiger partial charge in [-0.1, -0.05) is 35.9 Å². The summed E-state index contributed by atoms with van der Waals surface area (Å²) in [4.78, 5) is 11.2. The second kappa shape index (κ2) is 9.61. The van der Waals surface area contributed by atoms with Crippen LogP contribution < -0.4 is 5.32 Å². The maximum Gasteiger partial charge on any atom is 0.330 e. The molecule has 0 atom stereocenters. The van der Waals surface area contributed by atoms with Crippen molar-refractivity contribution < 1.29 is 9.53 Å². The Morgan fingerprint density at radius 3 is 2.59 bits per heavy atom. The molecule has 0 aliphatic heterocycles. The highest BCUT2D eigenvalue weighted by molar-refractivity contribution is 6.30. The van der Waals surface area contributed by atoms with Gasteiger partial charge in [-0.3, -0.25) is 0 Å². The molecule has 3 rings (SSSR count). The molecule has 1 fully saturated rings. The van der Waals surface area contributed by atoms with E-state index >= 15 is 0 Å². The number of anilines is 1. The zero-order chi connectivity index (χ0) is 19.1. The molecule has 0 aromatic heterocycles. The summed E-state index contributed by atoms with van der Waals surface area (Å²) in [5, 5.41) is 4.36.